The molecule has 3 unspecified atom stereocenters. The molecule has 2 fully saturated rings. The molecule has 3 atom stereocenters. The second kappa shape index (κ2) is 7.64. The normalized spacial score (nSPS) is 31.6. The molecule has 0 heterocycles. The van der Waals surface area contributed by atoms with Gasteiger partial charge in [-0.2, -0.15) is 0 Å². The first-order valence-electron chi connectivity index (χ1n) is 8.73. The molecule has 112 valence electrons. The van der Waals surface area contributed by atoms with Crippen molar-refractivity contribution < 1.29 is 0 Å². The van der Waals surface area contributed by atoms with Gasteiger partial charge < -0.3 is 5.73 Å². The fourth-order valence-corrected chi connectivity index (χ4v) is 4.61. The van der Waals surface area contributed by atoms with Gasteiger partial charge >= 0.3 is 0 Å². The lowest BCUT2D eigenvalue weighted by molar-refractivity contribution is 0.0420. The SMILES string of the molecule is CCN(C(C)C1CCCCC1)C1CCCCC1CN. The number of hydrogen-bond acceptors (Lipinski definition) is 2. The van der Waals surface area contributed by atoms with Gasteiger partial charge in [-0.1, -0.05) is 39.0 Å². The zero-order valence-corrected chi connectivity index (χ0v) is 13.1. The van der Waals surface area contributed by atoms with E-state index in [0.29, 0.717) is 0 Å². The van der Waals surface area contributed by atoms with Crippen LogP contribution in [0.2, 0.25) is 0 Å². The van der Waals surface area contributed by atoms with Gasteiger partial charge in [-0.25, -0.2) is 0 Å². The summed E-state index contributed by atoms with van der Waals surface area (Å²) in [5.74, 6) is 1.69. The molecule has 2 saturated carbocycles. The van der Waals surface area contributed by atoms with Crippen molar-refractivity contribution in [3.63, 3.8) is 0 Å². The summed E-state index contributed by atoms with van der Waals surface area (Å²) < 4.78 is 0. The van der Waals surface area contributed by atoms with E-state index in [1.54, 1.807) is 0 Å². The number of hydrogen-bond donors (Lipinski definition) is 1. The largest absolute Gasteiger partial charge is 0.330 e. The number of rotatable bonds is 5. The summed E-state index contributed by atoms with van der Waals surface area (Å²) in [5.41, 5.74) is 6.04. The molecule has 0 amide bonds. The van der Waals surface area contributed by atoms with Gasteiger partial charge in [0.25, 0.3) is 0 Å². The van der Waals surface area contributed by atoms with Crippen molar-refractivity contribution in [3.8, 4) is 0 Å². The Morgan fingerprint density at radius 1 is 1.00 bits per heavy atom. The Kier molecular flexibility index (Phi) is 6.15. The summed E-state index contributed by atoms with van der Waals surface area (Å²) >= 11 is 0. The van der Waals surface area contributed by atoms with Crippen LogP contribution in [0.1, 0.15) is 71.6 Å². The van der Waals surface area contributed by atoms with E-state index >= 15 is 0 Å². The van der Waals surface area contributed by atoms with Crippen molar-refractivity contribution in [2.45, 2.75) is 83.7 Å². The van der Waals surface area contributed by atoms with Crippen LogP contribution in [0.5, 0.6) is 0 Å². The highest BCUT2D eigenvalue weighted by Gasteiger charge is 2.33. The van der Waals surface area contributed by atoms with Crippen molar-refractivity contribution in [2.24, 2.45) is 17.6 Å². The lowest BCUT2D eigenvalue weighted by Crippen LogP contribution is -2.51. The van der Waals surface area contributed by atoms with Crippen LogP contribution < -0.4 is 5.73 Å². The van der Waals surface area contributed by atoms with Gasteiger partial charge in [0.2, 0.25) is 0 Å². The van der Waals surface area contributed by atoms with Crippen LogP contribution in [0, 0.1) is 11.8 Å². The van der Waals surface area contributed by atoms with Crippen molar-refractivity contribution >= 4 is 0 Å². The highest BCUT2D eigenvalue weighted by atomic mass is 15.2. The average Bonchev–Trinajstić information content (AvgIpc) is 2.49. The van der Waals surface area contributed by atoms with Crippen molar-refractivity contribution in [3.05, 3.63) is 0 Å². The van der Waals surface area contributed by atoms with Crippen LogP contribution >= 0.6 is 0 Å². The maximum absolute atomic E-state index is 6.04. The summed E-state index contributed by atoms with van der Waals surface area (Å²) in [6.45, 7) is 6.93. The van der Waals surface area contributed by atoms with Crippen LogP contribution in [-0.4, -0.2) is 30.1 Å². The Hall–Kier alpha value is -0.0800. The Morgan fingerprint density at radius 2 is 1.63 bits per heavy atom. The molecule has 19 heavy (non-hydrogen) atoms. The minimum absolute atomic E-state index is 0.750. The summed E-state index contributed by atoms with van der Waals surface area (Å²) in [6.07, 6.45) is 12.8. The highest BCUT2D eigenvalue weighted by molar-refractivity contribution is 4.88. The third kappa shape index (κ3) is 3.72. The molecule has 0 aromatic heterocycles. The van der Waals surface area contributed by atoms with E-state index in [-0.39, 0.29) is 0 Å². The second-order valence-electron chi connectivity index (χ2n) is 6.82. The van der Waals surface area contributed by atoms with Gasteiger partial charge in [-0.05, 0) is 57.5 Å². The molecule has 0 bridgehead atoms. The van der Waals surface area contributed by atoms with Crippen molar-refractivity contribution in [2.75, 3.05) is 13.1 Å². The Labute approximate surface area is 120 Å². The van der Waals surface area contributed by atoms with Crippen LogP contribution in [0.15, 0.2) is 0 Å². The van der Waals surface area contributed by atoms with E-state index in [9.17, 15) is 0 Å². The van der Waals surface area contributed by atoms with Crippen LogP contribution in [-0.2, 0) is 0 Å². The average molecular weight is 266 g/mol. The van der Waals surface area contributed by atoms with Crippen LogP contribution in [0.3, 0.4) is 0 Å². The van der Waals surface area contributed by atoms with Gasteiger partial charge in [0.05, 0.1) is 0 Å². The molecule has 0 aromatic rings. The first-order chi connectivity index (χ1) is 9.27. The second-order valence-corrected chi connectivity index (χ2v) is 6.82. The van der Waals surface area contributed by atoms with Gasteiger partial charge in [0.1, 0.15) is 0 Å². The molecular formula is C17H34N2. The van der Waals surface area contributed by atoms with Gasteiger partial charge in [-0.3, -0.25) is 4.90 Å². The minimum Gasteiger partial charge on any atom is -0.330 e. The summed E-state index contributed by atoms with van der Waals surface area (Å²) in [6, 6.07) is 1.53. The third-order valence-electron chi connectivity index (χ3n) is 5.82. The lowest BCUT2D eigenvalue weighted by atomic mass is 9.79. The smallest absolute Gasteiger partial charge is 0.0138 e. The molecule has 2 nitrogen and oxygen atoms in total. The molecule has 0 saturated heterocycles. The molecule has 2 heteroatoms. The van der Waals surface area contributed by atoms with Crippen molar-refractivity contribution in [1.29, 1.82) is 0 Å². The van der Waals surface area contributed by atoms with Crippen molar-refractivity contribution in [1.82, 2.24) is 4.90 Å². The fourth-order valence-electron chi connectivity index (χ4n) is 4.61. The van der Waals surface area contributed by atoms with Crippen LogP contribution in [0.25, 0.3) is 0 Å². The molecule has 0 aliphatic heterocycles. The van der Waals surface area contributed by atoms with E-state index < -0.39 is 0 Å². The van der Waals surface area contributed by atoms with Crippen LogP contribution in [0.4, 0.5) is 0 Å². The first kappa shape index (κ1) is 15.3. The zero-order chi connectivity index (χ0) is 13.7. The van der Waals surface area contributed by atoms with Gasteiger partial charge in [-0.15, -0.1) is 0 Å². The quantitative estimate of drug-likeness (QED) is 0.820. The molecular weight excluding hydrogens is 232 g/mol. The number of nitrogens with zero attached hydrogens (tertiary/aromatic N) is 1. The Morgan fingerprint density at radius 3 is 2.26 bits per heavy atom. The van der Waals surface area contributed by atoms with E-state index in [1.165, 1.54) is 64.3 Å². The molecule has 2 rings (SSSR count). The van der Waals surface area contributed by atoms with E-state index in [0.717, 1.165) is 30.5 Å². The van der Waals surface area contributed by atoms with E-state index in [2.05, 4.69) is 18.7 Å². The lowest BCUT2D eigenvalue weighted by Gasteiger charge is -2.45. The topological polar surface area (TPSA) is 29.3 Å². The first-order valence-corrected chi connectivity index (χ1v) is 8.73. The molecule has 2 aliphatic rings. The molecule has 0 aromatic carbocycles. The maximum Gasteiger partial charge on any atom is 0.0138 e. The van der Waals surface area contributed by atoms with E-state index in [1.807, 2.05) is 0 Å². The molecule has 2 N–H and O–H groups in total. The predicted molar refractivity (Wildman–Crippen MR) is 83.2 cm³/mol. The highest BCUT2D eigenvalue weighted by Crippen LogP contribution is 2.34. The maximum atomic E-state index is 6.04. The predicted octanol–water partition coefficient (Wildman–Crippen LogP) is 3.79. The minimum atomic E-state index is 0.750. The standard InChI is InChI=1S/C17H34N2/c1-3-19(14(2)15-9-5-4-6-10-15)17-12-8-7-11-16(17)13-18/h14-17H,3-13,18H2,1-2H3. The number of nitrogens with two attached hydrogens (primary N) is 1. The molecule has 0 spiro atoms. The monoisotopic (exact) mass is 266 g/mol. The summed E-state index contributed by atoms with van der Waals surface area (Å²) in [7, 11) is 0. The zero-order valence-electron chi connectivity index (χ0n) is 13.1. The fraction of sp³-hybridized carbons (Fsp3) is 1.00. The summed E-state index contributed by atoms with van der Waals surface area (Å²) in [4.78, 5) is 2.81. The third-order valence-corrected chi connectivity index (χ3v) is 5.82. The Balaban J connectivity index is 2.00. The summed E-state index contributed by atoms with van der Waals surface area (Å²) in [5, 5.41) is 0. The van der Waals surface area contributed by atoms with Gasteiger partial charge in [0.15, 0.2) is 0 Å². The molecule has 2 aliphatic carbocycles. The molecule has 0 radical (unpaired) electrons. The van der Waals surface area contributed by atoms with E-state index in [4.69, 9.17) is 5.73 Å². The van der Waals surface area contributed by atoms with Gasteiger partial charge in [0, 0.05) is 12.1 Å². The Bertz CT molecular complexity index is 248.